The average Bonchev–Trinajstić information content (AvgIpc) is 2.37. The molecule has 2 atom stereocenters. The number of carbonyl (C=O) groups excluding carboxylic acids is 1. The molecule has 0 aromatic rings. The van der Waals surface area contributed by atoms with E-state index in [0.29, 0.717) is 6.04 Å². The fourth-order valence-corrected chi connectivity index (χ4v) is 3.39. The van der Waals surface area contributed by atoms with Gasteiger partial charge in [-0.15, -0.1) is 0 Å². The fraction of sp³-hybridized carbons (Fsp3) is 0.938. The maximum absolute atomic E-state index is 11.8. The summed E-state index contributed by atoms with van der Waals surface area (Å²) in [5.41, 5.74) is 5.00. The lowest BCUT2D eigenvalue weighted by atomic mass is 9.88. The maximum Gasteiger partial charge on any atom is 0.237 e. The number of piperidine rings is 1. The van der Waals surface area contributed by atoms with Gasteiger partial charge >= 0.3 is 0 Å². The van der Waals surface area contributed by atoms with Crippen LogP contribution in [-0.2, 0) is 4.79 Å². The van der Waals surface area contributed by atoms with E-state index in [9.17, 15) is 4.79 Å². The van der Waals surface area contributed by atoms with Gasteiger partial charge in [0, 0.05) is 12.1 Å². The van der Waals surface area contributed by atoms with Crippen LogP contribution in [0.4, 0.5) is 0 Å². The molecule has 0 spiro atoms. The number of nitrogens with one attached hydrogen (secondary N) is 1. The Bertz CT molecular complexity index is 311. The normalized spacial score (nSPS) is 22.7. The number of hydrogen-bond donors (Lipinski definition) is 2. The molecular formula is C16H33N3O. The molecule has 1 saturated heterocycles. The molecule has 0 saturated carbocycles. The number of nitrogens with zero attached hydrogens (tertiary/aromatic N) is 1. The summed E-state index contributed by atoms with van der Waals surface area (Å²) >= 11 is 0. The Labute approximate surface area is 124 Å². The zero-order valence-electron chi connectivity index (χ0n) is 13.9. The van der Waals surface area contributed by atoms with E-state index in [1.54, 1.807) is 0 Å². The molecule has 4 heteroatoms. The topological polar surface area (TPSA) is 58.4 Å². The highest BCUT2D eigenvalue weighted by atomic mass is 16.1. The molecule has 4 nitrogen and oxygen atoms in total. The first-order chi connectivity index (χ1) is 9.28. The second-order valence-corrected chi connectivity index (χ2v) is 6.94. The molecule has 2 unspecified atom stereocenters. The van der Waals surface area contributed by atoms with Gasteiger partial charge in [-0.1, -0.05) is 13.3 Å². The first-order valence-corrected chi connectivity index (χ1v) is 8.10. The first kappa shape index (κ1) is 17.4. The molecule has 1 aliphatic rings. The minimum atomic E-state index is -0.616. The van der Waals surface area contributed by atoms with Gasteiger partial charge in [0.15, 0.2) is 0 Å². The molecule has 0 aliphatic carbocycles. The van der Waals surface area contributed by atoms with Gasteiger partial charge < -0.3 is 16.0 Å². The molecule has 1 amide bonds. The highest BCUT2D eigenvalue weighted by Crippen LogP contribution is 2.24. The van der Waals surface area contributed by atoms with Gasteiger partial charge in [-0.05, 0) is 66.0 Å². The monoisotopic (exact) mass is 283 g/mol. The van der Waals surface area contributed by atoms with Crippen LogP contribution >= 0.6 is 0 Å². The number of likely N-dealkylation sites (tertiary alicyclic amines) is 1. The van der Waals surface area contributed by atoms with Crippen molar-refractivity contribution < 1.29 is 4.79 Å². The van der Waals surface area contributed by atoms with Crippen LogP contribution in [0.1, 0.15) is 60.3 Å². The SMILES string of the molecule is CCC1CCN(C(C)CC(C)(NC(C)C)C(N)=O)CC1. The highest BCUT2D eigenvalue weighted by Gasteiger charge is 2.35. The molecule has 1 fully saturated rings. The Morgan fingerprint density at radius 2 is 1.90 bits per heavy atom. The molecule has 0 radical (unpaired) electrons. The molecule has 20 heavy (non-hydrogen) atoms. The van der Waals surface area contributed by atoms with Crippen LogP contribution in [0, 0.1) is 5.92 Å². The second kappa shape index (κ2) is 7.41. The number of rotatable bonds is 7. The summed E-state index contributed by atoms with van der Waals surface area (Å²) in [7, 11) is 0. The lowest BCUT2D eigenvalue weighted by Crippen LogP contribution is -2.58. The van der Waals surface area contributed by atoms with Crippen LogP contribution < -0.4 is 11.1 Å². The third-order valence-electron chi connectivity index (χ3n) is 4.70. The predicted molar refractivity (Wildman–Crippen MR) is 84.5 cm³/mol. The number of amides is 1. The molecule has 1 aliphatic heterocycles. The van der Waals surface area contributed by atoms with E-state index in [-0.39, 0.29) is 11.9 Å². The average molecular weight is 283 g/mol. The summed E-state index contributed by atoms with van der Waals surface area (Å²) in [6.07, 6.45) is 4.63. The van der Waals surface area contributed by atoms with E-state index in [2.05, 4.69) is 37.9 Å². The van der Waals surface area contributed by atoms with E-state index in [1.165, 1.54) is 19.3 Å². The summed E-state index contributed by atoms with van der Waals surface area (Å²) in [5.74, 6) is 0.635. The van der Waals surface area contributed by atoms with Gasteiger partial charge in [0.25, 0.3) is 0 Å². The Kier molecular flexibility index (Phi) is 6.46. The van der Waals surface area contributed by atoms with Crippen molar-refractivity contribution >= 4 is 5.91 Å². The van der Waals surface area contributed by atoms with E-state index in [0.717, 1.165) is 25.4 Å². The summed E-state index contributed by atoms with van der Waals surface area (Å²) < 4.78 is 0. The second-order valence-electron chi connectivity index (χ2n) is 6.94. The minimum absolute atomic E-state index is 0.249. The van der Waals surface area contributed by atoms with Crippen molar-refractivity contribution in [1.82, 2.24) is 10.2 Å². The van der Waals surface area contributed by atoms with Crippen molar-refractivity contribution in [2.45, 2.75) is 77.9 Å². The molecule has 118 valence electrons. The molecule has 3 N–H and O–H groups in total. The van der Waals surface area contributed by atoms with Crippen molar-refractivity contribution in [3.05, 3.63) is 0 Å². The quantitative estimate of drug-likeness (QED) is 0.752. The number of nitrogens with two attached hydrogens (primary N) is 1. The third-order valence-corrected chi connectivity index (χ3v) is 4.70. The van der Waals surface area contributed by atoms with Gasteiger partial charge in [-0.2, -0.15) is 0 Å². The van der Waals surface area contributed by atoms with Gasteiger partial charge in [0.1, 0.15) is 0 Å². The van der Waals surface area contributed by atoms with Crippen molar-refractivity contribution in [1.29, 1.82) is 0 Å². The van der Waals surface area contributed by atoms with Crippen LogP contribution in [0.15, 0.2) is 0 Å². The van der Waals surface area contributed by atoms with Crippen LogP contribution in [-0.4, -0.2) is 41.5 Å². The van der Waals surface area contributed by atoms with Crippen LogP contribution in [0.5, 0.6) is 0 Å². The smallest absolute Gasteiger partial charge is 0.237 e. The van der Waals surface area contributed by atoms with Gasteiger partial charge in [-0.25, -0.2) is 0 Å². The highest BCUT2D eigenvalue weighted by molar-refractivity contribution is 5.84. The molecule has 0 bridgehead atoms. The Morgan fingerprint density at radius 1 is 1.35 bits per heavy atom. The molecule has 1 rings (SSSR count). The minimum Gasteiger partial charge on any atom is -0.368 e. The molecule has 1 heterocycles. The Hall–Kier alpha value is -0.610. The fourth-order valence-electron chi connectivity index (χ4n) is 3.39. The van der Waals surface area contributed by atoms with Gasteiger partial charge in [-0.3, -0.25) is 4.79 Å². The van der Waals surface area contributed by atoms with Crippen LogP contribution in [0.2, 0.25) is 0 Å². The summed E-state index contributed by atoms with van der Waals surface area (Å²) in [4.78, 5) is 14.3. The molecule has 0 aromatic heterocycles. The molecule has 0 aromatic carbocycles. The standard InChI is InChI=1S/C16H33N3O/c1-6-14-7-9-19(10-8-14)13(4)11-16(5,15(17)20)18-12(2)3/h12-14,18H,6-11H2,1-5H3,(H2,17,20). The van der Waals surface area contributed by atoms with E-state index in [4.69, 9.17) is 5.73 Å². The summed E-state index contributed by atoms with van der Waals surface area (Å²) in [5, 5.41) is 3.34. The first-order valence-electron chi connectivity index (χ1n) is 8.10. The zero-order chi connectivity index (χ0) is 15.3. The van der Waals surface area contributed by atoms with Crippen molar-refractivity contribution in [2.75, 3.05) is 13.1 Å². The van der Waals surface area contributed by atoms with E-state index >= 15 is 0 Å². The lowest BCUT2D eigenvalue weighted by molar-refractivity contribution is -0.125. The number of primary amides is 1. The van der Waals surface area contributed by atoms with E-state index in [1.807, 2.05) is 6.92 Å². The number of carbonyl (C=O) groups is 1. The predicted octanol–water partition coefficient (Wildman–Crippen LogP) is 2.13. The van der Waals surface area contributed by atoms with Crippen LogP contribution in [0.25, 0.3) is 0 Å². The van der Waals surface area contributed by atoms with Crippen molar-refractivity contribution in [3.63, 3.8) is 0 Å². The summed E-state index contributed by atoms with van der Waals surface area (Å²) in [6, 6.07) is 0.641. The van der Waals surface area contributed by atoms with Crippen molar-refractivity contribution in [3.8, 4) is 0 Å². The summed E-state index contributed by atoms with van der Waals surface area (Å²) in [6.45, 7) is 12.8. The maximum atomic E-state index is 11.8. The zero-order valence-corrected chi connectivity index (χ0v) is 13.9. The van der Waals surface area contributed by atoms with Gasteiger partial charge in [0.05, 0.1) is 5.54 Å². The number of hydrogen-bond acceptors (Lipinski definition) is 3. The lowest BCUT2D eigenvalue weighted by Gasteiger charge is -2.40. The Balaban J connectivity index is 2.58. The largest absolute Gasteiger partial charge is 0.368 e. The Morgan fingerprint density at radius 3 is 2.30 bits per heavy atom. The van der Waals surface area contributed by atoms with Gasteiger partial charge in [0.2, 0.25) is 5.91 Å². The van der Waals surface area contributed by atoms with Crippen LogP contribution in [0.3, 0.4) is 0 Å². The molecular weight excluding hydrogens is 250 g/mol. The van der Waals surface area contributed by atoms with E-state index < -0.39 is 5.54 Å². The van der Waals surface area contributed by atoms with Crippen molar-refractivity contribution in [2.24, 2.45) is 11.7 Å². The third kappa shape index (κ3) is 4.74.